The van der Waals surface area contributed by atoms with E-state index in [4.69, 9.17) is 11.1 Å². The second kappa shape index (κ2) is 12.0. The van der Waals surface area contributed by atoms with Gasteiger partial charge in [-0.2, -0.15) is 4.72 Å². The maximum atomic E-state index is 13.4. The Kier molecular flexibility index (Phi) is 8.70. The van der Waals surface area contributed by atoms with Crippen molar-refractivity contribution < 1.29 is 27.9 Å². The third-order valence-corrected chi connectivity index (χ3v) is 8.61. The van der Waals surface area contributed by atoms with Crippen LogP contribution in [-0.2, 0) is 24.4 Å². The first-order valence-electron chi connectivity index (χ1n) is 12.9. The number of sulfonamides is 1. The van der Waals surface area contributed by atoms with Crippen LogP contribution in [0, 0.1) is 11.3 Å². The maximum Gasteiger partial charge on any atom is 0.323 e. The fraction of sp³-hybridized carbons (Fsp3) is 0.462. The number of aliphatic carboxylic acids is 1. The first-order chi connectivity index (χ1) is 18.5. The van der Waals surface area contributed by atoms with Gasteiger partial charge in [0.2, 0.25) is 21.8 Å². The van der Waals surface area contributed by atoms with Crippen LogP contribution >= 0.6 is 0 Å². The van der Waals surface area contributed by atoms with Gasteiger partial charge in [0.15, 0.2) is 5.96 Å². The first kappa shape index (κ1) is 28.3. The number of amides is 2. The summed E-state index contributed by atoms with van der Waals surface area (Å²) in [5, 5.41) is 21.2. The van der Waals surface area contributed by atoms with Crippen LogP contribution in [0.2, 0.25) is 0 Å². The van der Waals surface area contributed by atoms with Gasteiger partial charge in [-0.3, -0.25) is 19.8 Å². The highest BCUT2D eigenvalue weighted by atomic mass is 32.2. The minimum absolute atomic E-state index is 0.0131. The van der Waals surface area contributed by atoms with Gasteiger partial charge in [0.05, 0.1) is 11.3 Å². The van der Waals surface area contributed by atoms with Gasteiger partial charge in [0.1, 0.15) is 12.6 Å². The number of carboxylic acid groups (broad SMARTS) is 1. The molecule has 13 heteroatoms. The van der Waals surface area contributed by atoms with Gasteiger partial charge in [-0.1, -0.05) is 30.3 Å². The van der Waals surface area contributed by atoms with E-state index in [1.807, 2.05) is 12.1 Å². The number of carbonyl (C=O) groups excluding carboxylic acids is 2. The number of likely N-dealkylation sites (tertiary alicyclic amines) is 1. The van der Waals surface area contributed by atoms with E-state index in [2.05, 4.69) is 10.0 Å². The number of benzene rings is 2. The molecular weight excluding hydrogens is 524 g/mol. The van der Waals surface area contributed by atoms with Gasteiger partial charge in [-0.15, -0.1) is 0 Å². The molecular formula is C26H34N6O6S. The lowest BCUT2D eigenvalue weighted by Crippen LogP contribution is -2.52. The smallest absolute Gasteiger partial charge is 0.323 e. The Morgan fingerprint density at radius 3 is 2.36 bits per heavy atom. The molecule has 2 aliphatic rings. The number of piperidine rings is 1. The number of nitrogens with two attached hydrogens (primary N) is 1. The third kappa shape index (κ3) is 7.45. The quantitative estimate of drug-likeness (QED) is 0.197. The number of hydrogen-bond acceptors (Lipinski definition) is 6. The summed E-state index contributed by atoms with van der Waals surface area (Å²) < 4.78 is 29.0. The Hall–Kier alpha value is -3.71. The lowest BCUT2D eigenvalue weighted by molar-refractivity contribution is -0.146. The SMILES string of the molecule is N=C(N)N1CCC(CNC(=O)CC(NS(=O)(=O)c2ccc3ccccc3c2)C(=O)N(CC(=O)O)C2CC2)CC1. The van der Waals surface area contributed by atoms with Crippen LogP contribution in [0.5, 0.6) is 0 Å². The first-order valence-corrected chi connectivity index (χ1v) is 14.4. The van der Waals surface area contributed by atoms with Crippen molar-refractivity contribution in [3.8, 4) is 0 Å². The molecule has 2 aromatic carbocycles. The van der Waals surface area contributed by atoms with Crippen molar-refractivity contribution in [2.24, 2.45) is 11.7 Å². The zero-order valence-electron chi connectivity index (χ0n) is 21.5. The highest BCUT2D eigenvalue weighted by Crippen LogP contribution is 2.28. The van der Waals surface area contributed by atoms with E-state index >= 15 is 0 Å². The molecule has 2 aromatic rings. The summed E-state index contributed by atoms with van der Waals surface area (Å²) in [4.78, 5) is 40.6. The molecule has 1 aliphatic heterocycles. The van der Waals surface area contributed by atoms with Crippen molar-refractivity contribution in [3.05, 3.63) is 42.5 Å². The third-order valence-electron chi connectivity index (χ3n) is 7.14. The summed E-state index contributed by atoms with van der Waals surface area (Å²) in [6, 6.07) is 10.0. The second-order valence-corrected chi connectivity index (χ2v) is 11.8. The summed E-state index contributed by atoms with van der Waals surface area (Å²) in [6.07, 6.45) is 2.22. The van der Waals surface area contributed by atoms with E-state index < -0.39 is 46.8 Å². The van der Waals surface area contributed by atoms with E-state index in [0.29, 0.717) is 37.9 Å². The summed E-state index contributed by atoms with van der Waals surface area (Å²) >= 11 is 0. The van der Waals surface area contributed by atoms with Gasteiger partial charge in [0, 0.05) is 25.7 Å². The Balaban J connectivity index is 1.48. The summed E-state index contributed by atoms with van der Waals surface area (Å²) in [5.74, 6) is -2.31. The molecule has 1 saturated heterocycles. The molecule has 4 rings (SSSR count). The Labute approximate surface area is 227 Å². The van der Waals surface area contributed by atoms with E-state index in [9.17, 15) is 27.9 Å². The molecule has 1 unspecified atom stereocenters. The zero-order valence-corrected chi connectivity index (χ0v) is 22.3. The molecule has 6 N–H and O–H groups in total. The summed E-state index contributed by atoms with van der Waals surface area (Å²) in [7, 11) is -4.22. The molecule has 1 heterocycles. The van der Waals surface area contributed by atoms with E-state index in [1.165, 1.54) is 12.1 Å². The average Bonchev–Trinajstić information content (AvgIpc) is 3.75. The van der Waals surface area contributed by atoms with Gasteiger partial charge in [-0.25, -0.2) is 8.42 Å². The van der Waals surface area contributed by atoms with Gasteiger partial charge < -0.3 is 26.0 Å². The van der Waals surface area contributed by atoms with Crippen molar-refractivity contribution in [2.75, 3.05) is 26.2 Å². The van der Waals surface area contributed by atoms with Crippen LogP contribution in [-0.4, -0.2) is 85.3 Å². The van der Waals surface area contributed by atoms with E-state index in [0.717, 1.165) is 23.1 Å². The fourth-order valence-corrected chi connectivity index (χ4v) is 6.01. The fourth-order valence-electron chi connectivity index (χ4n) is 4.78. The number of hydrogen-bond donors (Lipinski definition) is 5. The highest BCUT2D eigenvalue weighted by molar-refractivity contribution is 7.89. The molecule has 1 saturated carbocycles. The van der Waals surface area contributed by atoms with Crippen molar-refractivity contribution >= 4 is 44.5 Å². The van der Waals surface area contributed by atoms with Crippen LogP contribution in [0.15, 0.2) is 47.4 Å². The molecule has 0 radical (unpaired) electrons. The van der Waals surface area contributed by atoms with Gasteiger partial charge in [-0.05, 0) is 54.5 Å². The van der Waals surface area contributed by atoms with Crippen LogP contribution in [0.4, 0.5) is 0 Å². The molecule has 12 nitrogen and oxygen atoms in total. The standard InChI is InChI=1S/C26H34N6O6S/c27-26(28)31-11-9-17(10-12-31)15-29-23(33)14-22(25(36)32(16-24(34)35)20-6-7-20)30-39(37,38)21-8-5-18-3-1-2-4-19(18)13-21/h1-5,8,13,17,20,22,30H,6-7,9-12,14-16H2,(H3,27,28)(H,29,33)(H,34,35). The molecule has 0 spiro atoms. The van der Waals surface area contributed by atoms with Gasteiger partial charge >= 0.3 is 5.97 Å². The van der Waals surface area contributed by atoms with Crippen molar-refractivity contribution in [3.63, 3.8) is 0 Å². The Morgan fingerprint density at radius 2 is 1.74 bits per heavy atom. The Morgan fingerprint density at radius 1 is 1.08 bits per heavy atom. The number of nitrogens with one attached hydrogen (secondary N) is 3. The minimum Gasteiger partial charge on any atom is -0.480 e. The number of guanidine groups is 1. The lowest BCUT2D eigenvalue weighted by Gasteiger charge is -2.32. The minimum atomic E-state index is -4.22. The van der Waals surface area contributed by atoms with Crippen LogP contribution in [0.1, 0.15) is 32.1 Å². The normalized spacial score (nSPS) is 17.0. The van der Waals surface area contributed by atoms with E-state index in [-0.39, 0.29) is 22.8 Å². The van der Waals surface area contributed by atoms with Crippen LogP contribution in [0.25, 0.3) is 10.8 Å². The number of carbonyl (C=O) groups is 3. The van der Waals surface area contributed by atoms with Crippen LogP contribution in [0.3, 0.4) is 0 Å². The topological polar surface area (TPSA) is 186 Å². The summed E-state index contributed by atoms with van der Waals surface area (Å²) in [6.45, 7) is 0.973. The Bertz CT molecular complexity index is 1350. The predicted octanol–water partition coefficient (Wildman–Crippen LogP) is 0.674. The molecule has 1 atom stereocenters. The zero-order chi connectivity index (χ0) is 28.2. The van der Waals surface area contributed by atoms with Crippen molar-refractivity contribution in [1.82, 2.24) is 19.8 Å². The van der Waals surface area contributed by atoms with Crippen molar-refractivity contribution in [2.45, 2.75) is 49.1 Å². The second-order valence-electron chi connectivity index (χ2n) is 10.1. The van der Waals surface area contributed by atoms with Gasteiger partial charge in [0.25, 0.3) is 0 Å². The highest BCUT2D eigenvalue weighted by Gasteiger charge is 2.39. The largest absolute Gasteiger partial charge is 0.480 e. The molecule has 0 aromatic heterocycles. The number of rotatable bonds is 11. The predicted molar refractivity (Wildman–Crippen MR) is 144 cm³/mol. The lowest BCUT2D eigenvalue weighted by atomic mass is 9.97. The number of carboxylic acids is 1. The average molecular weight is 559 g/mol. The van der Waals surface area contributed by atoms with Crippen LogP contribution < -0.4 is 15.8 Å². The molecule has 2 fully saturated rings. The maximum absolute atomic E-state index is 13.4. The number of fused-ring (bicyclic) bond motifs is 1. The number of nitrogens with zero attached hydrogens (tertiary/aromatic N) is 2. The summed E-state index contributed by atoms with van der Waals surface area (Å²) in [5.41, 5.74) is 5.53. The molecule has 2 amide bonds. The monoisotopic (exact) mass is 558 g/mol. The molecule has 0 bridgehead atoms. The molecule has 210 valence electrons. The molecule has 1 aliphatic carbocycles. The molecule has 39 heavy (non-hydrogen) atoms. The van der Waals surface area contributed by atoms with E-state index in [1.54, 1.807) is 23.1 Å². The van der Waals surface area contributed by atoms with Crippen molar-refractivity contribution in [1.29, 1.82) is 5.41 Å².